The van der Waals surface area contributed by atoms with E-state index in [2.05, 4.69) is 31.8 Å². The fraction of sp³-hybridized carbons (Fsp3) is 0.154. The van der Waals surface area contributed by atoms with Crippen molar-refractivity contribution >= 4 is 39.9 Å². The van der Waals surface area contributed by atoms with Crippen LogP contribution in [0.3, 0.4) is 0 Å². The van der Waals surface area contributed by atoms with Crippen LogP contribution in [0.2, 0.25) is 0 Å². The number of esters is 1. The highest BCUT2D eigenvalue weighted by molar-refractivity contribution is 9.10. The first kappa shape index (κ1) is 26.4. The molecule has 0 fully saturated rings. The lowest BCUT2D eigenvalue weighted by Gasteiger charge is -2.10. The normalized spacial score (nSPS) is 10.5. The van der Waals surface area contributed by atoms with Crippen molar-refractivity contribution in [2.24, 2.45) is 5.10 Å². The number of methoxy groups -OCH3 is 1. The Hall–Kier alpha value is -4.18. The summed E-state index contributed by atoms with van der Waals surface area (Å²) in [6.45, 7) is 2.15. The monoisotopic (exact) mass is 553 g/mol. The van der Waals surface area contributed by atoms with E-state index < -0.39 is 17.8 Å². The number of hydrogen-bond donors (Lipinski definition) is 2. The molecule has 0 bridgehead atoms. The Balaban J connectivity index is 1.51. The van der Waals surface area contributed by atoms with Crippen LogP contribution >= 0.6 is 15.9 Å². The zero-order valence-corrected chi connectivity index (χ0v) is 21.2. The zero-order valence-electron chi connectivity index (χ0n) is 19.6. The van der Waals surface area contributed by atoms with Crippen molar-refractivity contribution in [2.75, 3.05) is 20.3 Å². The molecule has 186 valence electrons. The molecule has 0 unspecified atom stereocenters. The van der Waals surface area contributed by atoms with E-state index in [1.165, 1.54) is 13.3 Å². The lowest BCUT2D eigenvalue weighted by molar-refractivity contribution is -0.120. The van der Waals surface area contributed by atoms with E-state index in [4.69, 9.17) is 14.2 Å². The lowest BCUT2D eigenvalue weighted by atomic mass is 10.2. The van der Waals surface area contributed by atoms with Gasteiger partial charge in [-0.25, -0.2) is 10.2 Å². The number of nitrogens with one attached hydrogen (secondary N) is 2. The van der Waals surface area contributed by atoms with E-state index in [1.807, 2.05) is 6.92 Å². The summed E-state index contributed by atoms with van der Waals surface area (Å²) in [5.41, 5.74) is 3.72. The Morgan fingerprint density at radius 1 is 0.972 bits per heavy atom. The molecule has 0 saturated carbocycles. The number of ether oxygens (including phenoxy) is 3. The maximum Gasteiger partial charge on any atom is 0.343 e. The van der Waals surface area contributed by atoms with Crippen LogP contribution in [0.4, 0.5) is 0 Å². The summed E-state index contributed by atoms with van der Waals surface area (Å²) >= 11 is 3.32. The molecule has 0 spiro atoms. The van der Waals surface area contributed by atoms with Gasteiger partial charge in [-0.2, -0.15) is 5.10 Å². The van der Waals surface area contributed by atoms with E-state index in [0.29, 0.717) is 34.8 Å². The number of nitrogens with zero attached hydrogens (tertiary/aromatic N) is 1. The minimum Gasteiger partial charge on any atom is -0.494 e. The van der Waals surface area contributed by atoms with Gasteiger partial charge in [-0.3, -0.25) is 9.59 Å². The third-order valence-corrected chi connectivity index (χ3v) is 5.18. The molecule has 3 aromatic rings. The molecule has 9 nitrogen and oxygen atoms in total. The maximum absolute atomic E-state index is 12.4. The number of halogens is 1. The van der Waals surface area contributed by atoms with E-state index in [9.17, 15) is 14.4 Å². The molecule has 0 saturated heterocycles. The summed E-state index contributed by atoms with van der Waals surface area (Å²) in [4.78, 5) is 36.6. The van der Waals surface area contributed by atoms with Gasteiger partial charge in [-0.05, 0) is 73.2 Å². The van der Waals surface area contributed by atoms with Crippen LogP contribution in [-0.2, 0) is 4.79 Å². The van der Waals surface area contributed by atoms with Crippen LogP contribution < -0.4 is 25.0 Å². The van der Waals surface area contributed by atoms with E-state index in [-0.39, 0.29) is 12.3 Å². The number of benzene rings is 3. The van der Waals surface area contributed by atoms with Crippen LogP contribution in [0, 0.1) is 0 Å². The quantitative estimate of drug-likeness (QED) is 0.170. The molecule has 2 N–H and O–H groups in total. The molecule has 0 aliphatic carbocycles. The Morgan fingerprint density at radius 3 is 2.44 bits per heavy atom. The minimum atomic E-state index is -0.532. The molecule has 3 aromatic carbocycles. The van der Waals surface area contributed by atoms with E-state index in [1.54, 1.807) is 66.7 Å². The van der Waals surface area contributed by atoms with Gasteiger partial charge in [0.15, 0.2) is 11.5 Å². The summed E-state index contributed by atoms with van der Waals surface area (Å²) in [6, 6.07) is 18.2. The fourth-order valence-electron chi connectivity index (χ4n) is 2.97. The first-order valence-corrected chi connectivity index (χ1v) is 11.7. The van der Waals surface area contributed by atoms with Crippen molar-refractivity contribution < 1.29 is 28.6 Å². The average Bonchev–Trinajstić information content (AvgIpc) is 2.88. The largest absolute Gasteiger partial charge is 0.494 e. The molecular formula is C26H24BrN3O6. The second-order valence-corrected chi connectivity index (χ2v) is 8.16. The van der Waals surface area contributed by atoms with Crippen molar-refractivity contribution in [3.05, 3.63) is 87.9 Å². The number of carbonyl (C=O) groups is 3. The van der Waals surface area contributed by atoms with Crippen molar-refractivity contribution in [3.8, 4) is 17.2 Å². The van der Waals surface area contributed by atoms with Gasteiger partial charge < -0.3 is 19.5 Å². The first-order chi connectivity index (χ1) is 17.4. The van der Waals surface area contributed by atoms with Crippen LogP contribution in [0.5, 0.6) is 17.2 Å². The summed E-state index contributed by atoms with van der Waals surface area (Å²) in [5, 5.41) is 6.41. The second kappa shape index (κ2) is 13.1. The predicted octanol–water partition coefficient (Wildman–Crippen LogP) is 3.96. The molecule has 0 radical (unpaired) electrons. The van der Waals surface area contributed by atoms with Crippen molar-refractivity contribution in [1.82, 2.24) is 10.7 Å². The van der Waals surface area contributed by atoms with Gasteiger partial charge in [0.2, 0.25) is 0 Å². The van der Waals surface area contributed by atoms with Gasteiger partial charge in [0.25, 0.3) is 11.8 Å². The molecule has 0 aromatic heterocycles. The summed E-state index contributed by atoms with van der Waals surface area (Å²) in [7, 11) is 1.45. The Morgan fingerprint density at radius 2 is 1.75 bits per heavy atom. The van der Waals surface area contributed by atoms with Gasteiger partial charge in [0, 0.05) is 10.0 Å². The van der Waals surface area contributed by atoms with Gasteiger partial charge >= 0.3 is 5.97 Å². The Bertz CT molecular complexity index is 1260. The third kappa shape index (κ3) is 7.67. The molecular weight excluding hydrogens is 530 g/mol. The number of amides is 2. The standard InChI is InChI=1S/C26H24BrN3O6/c1-3-35-21-10-8-18(9-11-21)25(32)28-16-24(31)30-29-15-17-7-12-22(23(13-17)34-2)36-26(33)19-5-4-6-20(27)14-19/h4-15H,3,16H2,1-2H3,(H,28,32)(H,30,31). The molecule has 0 heterocycles. The molecule has 10 heteroatoms. The first-order valence-electron chi connectivity index (χ1n) is 10.9. The molecule has 36 heavy (non-hydrogen) atoms. The number of hydrogen-bond acceptors (Lipinski definition) is 7. The summed E-state index contributed by atoms with van der Waals surface area (Å²) in [6.07, 6.45) is 1.40. The van der Waals surface area contributed by atoms with Crippen LogP contribution in [0.1, 0.15) is 33.2 Å². The predicted molar refractivity (Wildman–Crippen MR) is 138 cm³/mol. The van der Waals surface area contributed by atoms with Crippen LogP contribution in [-0.4, -0.2) is 44.3 Å². The van der Waals surface area contributed by atoms with Crippen LogP contribution in [0.25, 0.3) is 0 Å². The number of rotatable bonds is 10. The second-order valence-electron chi connectivity index (χ2n) is 7.24. The van der Waals surface area contributed by atoms with Crippen molar-refractivity contribution in [3.63, 3.8) is 0 Å². The highest BCUT2D eigenvalue weighted by atomic mass is 79.9. The molecule has 0 atom stereocenters. The zero-order chi connectivity index (χ0) is 25.9. The highest BCUT2D eigenvalue weighted by Crippen LogP contribution is 2.28. The topological polar surface area (TPSA) is 115 Å². The number of carbonyl (C=O) groups excluding carboxylic acids is 3. The van der Waals surface area contributed by atoms with Gasteiger partial charge in [-0.1, -0.05) is 22.0 Å². The highest BCUT2D eigenvalue weighted by Gasteiger charge is 2.13. The molecule has 0 aliphatic rings. The van der Waals surface area contributed by atoms with E-state index in [0.717, 1.165) is 4.47 Å². The maximum atomic E-state index is 12.4. The molecule has 2 amide bonds. The van der Waals surface area contributed by atoms with Gasteiger partial charge in [0.1, 0.15) is 5.75 Å². The molecule has 3 rings (SSSR count). The minimum absolute atomic E-state index is 0.237. The summed E-state index contributed by atoms with van der Waals surface area (Å²) < 4.78 is 16.8. The molecule has 0 aliphatic heterocycles. The smallest absolute Gasteiger partial charge is 0.343 e. The van der Waals surface area contributed by atoms with Crippen molar-refractivity contribution in [1.29, 1.82) is 0 Å². The summed E-state index contributed by atoms with van der Waals surface area (Å²) in [5.74, 6) is -0.215. The lowest BCUT2D eigenvalue weighted by Crippen LogP contribution is -2.34. The van der Waals surface area contributed by atoms with Gasteiger partial charge in [0.05, 0.1) is 32.0 Å². The SMILES string of the molecule is CCOc1ccc(C(=O)NCC(=O)NN=Cc2ccc(OC(=O)c3cccc(Br)c3)c(OC)c2)cc1. The fourth-order valence-corrected chi connectivity index (χ4v) is 3.37. The number of hydrazone groups is 1. The third-order valence-electron chi connectivity index (χ3n) is 4.69. The van der Waals surface area contributed by atoms with Crippen molar-refractivity contribution in [2.45, 2.75) is 6.92 Å². The van der Waals surface area contributed by atoms with Crippen LogP contribution in [0.15, 0.2) is 76.3 Å². The Labute approximate surface area is 216 Å². The Kier molecular flexibility index (Phi) is 9.58. The van der Waals surface area contributed by atoms with E-state index >= 15 is 0 Å². The van der Waals surface area contributed by atoms with Gasteiger partial charge in [-0.15, -0.1) is 0 Å². The average molecular weight is 554 g/mol.